The average molecular weight is 292 g/mol. The minimum atomic E-state index is -1.06. The van der Waals surface area contributed by atoms with E-state index in [0.717, 1.165) is 6.54 Å². The molecule has 0 spiro atoms. The summed E-state index contributed by atoms with van der Waals surface area (Å²) >= 11 is 0. The number of anilines is 1. The molecule has 0 atom stereocenters. The molecule has 0 bridgehead atoms. The van der Waals surface area contributed by atoms with Crippen molar-refractivity contribution in [1.82, 2.24) is 4.90 Å². The quantitative estimate of drug-likeness (QED) is 0.844. The number of ether oxygens (including phenoxy) is 1. The molecule has 0 aliphatic heterocycles. The second-order valence-electron chi connectivity index (χ2n) is 5.29. The number of carboxylic acids is 1. The molecule has 0 unspecified atom stereocenters. The number of amides is 2. The van der Waals surface area contributed by atoms with Crippen LogP contribution in [-0.4, -0.2) is 42.2 Å². The number of carbonyl (C=O) groups excluding carboxylic acids is 1. The van der Waals surface area contributed by atoms with Crippen LogP contribution in [0.1, 0.15) is 19.3 Å². The minimum Gasteiger partial charge on any atom is -0.480 e. The van der Waals surface area contributed by atoms with Crippen LogP contribution in [0.2, 0.25) is 0 Å². The molecule has 0 saturated heterocycles. The smallest absolute Gasteiger partial charge is 0.341 e. The van der Waals surface area contributed by atoms with Crippen LogP contribution in [0, 0.1) is 5.92 Å². The van der Waals surface area contributed by atoms with Gasteiger partial charge >= 0.3 is 12.0 Å². The fourth-order valence-corrected chi connectivity index (χ4v) is 2.19. The third kappa shape index (κ3) is 4.37. The summed E-state index contributed by atoms with van der Waals surface area (Å²) in [4.78, 5) is 24.3. The zero-order valence-electron chi connectivity index (χ0n) is 12.0. The van der Waals surface area contributed by atoms with Gasteiger partial charge in [-0.25, -0.2) is 9.59 Å². The molecule has 21 heavy (non-hydrogen) atoms. The first-order valence-corrected chi connectivity index (χ1v) is 7.02. The topological polar surface area (TPSA) is 78.9 Å². The lowest BCUT2D eigenvalue weighted by molar-refractivity contribution is -0.139. The lowest BCUT2D eigenvalue weighted by Gasteiger charge is -2.30. The summed E-state index contributed by atoms with van der Waals surface area (Å²) in [6.07, 6.45) is 3.60. The Morgan fingerprint density at radius 3 is 2.71 bits per heavy atom. The number of rotatable bonds is 6. The predicted octanol–water partition coefficient (Wildman–Crippen LogP) is 2.41. The second-order valence-corrected chi connectivity index (χ2v) is 5.29. The number of carboxylic acid groups (broad SMARTS) is 1. The van der Waals surface area contributed by atoms with E-state index in [4.69, 9.17) is 9.84 Å². The molecule has 0 heterocycles. The molecule has 6 heteroatoms. The summed E-state index contributed by atoms with van der Waals surface area (Å²) in [6, 6.07) is 6.59. The van der Waals surface area contributed by atoms with Gasteiger partial charge in [0, 0.05) is 13.6 Å². The molecule has 114 valence electrons. The second kappa shape index (κ2) is 6.97. The standard InChI is InChI=1S/C15H20N2O4/c1-17(9-11-5-4-6-11)15(20)16-12-7-2-3-8-13(12)21-10-14(18)19/h2-3,7-8,11H,4-6,9-10H2,1H3,(H,16,20)(H,18,19). The summed E-state index contributed by atoms with van der Waals surface area (Å²) in [5.74, 6) is -0.109. The Balaban J connectivity index is 1.94. The SMILES string of the molecule is CN(CC1CCC1)C(=O)Nc1ccccc1OCC(=O)O. The van der Waals surface area contributed by atoms with E-state index in [1.807, 2.05) is 0 Å². The molecule has 2 N–H and O–H groups in total. The Morgan fingerprint density at radius 1 is 1.38 bits per heavy atom. The molecule has 2 amide bonds. The Bertz CT molecular complexity index is 514. The van der Waals surface area contributed by atoms with Crippen molar-refractivity contribution in [2.45, 2.75) is 19.3 Å². The van der Waals surface area contributed by atoms with Crippen molar-refractivity contribution in [1.29, 1.82) is 0 Å². The monoisotopic (exact) mass is 292 g/mol. The maximum atomic E-state index is 12.1. The molecular weight excluding hydrogens is 272 g/mol. The largest absolute Gasteiger partial charge is 0.480 e. The molecule has 1 aliphatic carbocycles. The van der Waals surface area contributed by atoms with Gasteiger partial charge in [-0.3, -0.25) is 0 Å². The molecule has 2 rings (SSSR count). The third-order valence-electron chi connectivity index (χ3n) is 3.58. The lowest BCUT2D eigenvalue weighted by Crippen LogP contribution is -2.37. The number of nitrogens with zero attached hydrogens (tertiary/aromatic N) is 1. The van der Waals surface area contributed by atoms with E-state index in [9.17, 15) is 9.59 Å². The van der Waals surface area contributed by atoms with Gasteiger partial charge in [-0.05, 0) is 30.9 Å². The van der Waals surface area contributed by atoms with Gasteiger partial charge in [-0.2, -0.15) is 0 Å². The van der Waals surface area contributed by atoms with Crippen LogP contribution >= 0.6 is 0 Å². The maximum absolute atomic E-state index is 12.1. The van der Waals surface area contributed by atoms with Gasteiger partial charge in [0.2, 0.25) is 0 Å². The van der Waals surface area contributed by atoms with Crippen molar-refractivity contribution in [2.24, 2.45) is 5.92 Å². The first-order chi connectivity index (χ1) is 10.1. The summed E-state index contributed by atoms with van der Waals surface area (Å²) in [6.45, 7) is 0.300. The van der Waals surface area contributed by atoms with Crippen LogP contribution in [0.4, 0.5) is 10.5 Å². The van der Waals surface area contributed by atoms with Crippen molar-refractivity contribution in [3.63, 3.8) is 0 Å². The first-order valence-electron chi connectivity index (χ1n) is 7.02. The van der Waals surface area contributed by atoms with Crippen molar-refractivity contribution in [2.75, 3.05) is 25.5 Å². The van der Waals surface area contributed by atoms with Crippen LogP contribution in [0.5, 0.6) is 5.75 Å². The van der Waals surface area contributed by atoms with E-state index >= 15 is 0 Å². The van der Waals surface area contributed by atoms with E-state index in [2.05, 4.69) is 5.32 Å². The fraction of sp³-hybridized carbons (Fsp3) is 0.467. The number of aliphatic carboxylic acids is 1. The molecular formula is C15H20N2O4. The zero-order chi connectivity index (χ0) is 15.2. The number of nitrogens with one attached hydrogen (secondary N) is 1. The molecule has 1 aliphatic rings. The first kappa shape index (κ1) is 15.2. The Labute approximate surface area is 123 Å². The van der Waals surface area contributed by atoms with E-state index in [1.165, 1.54) is 19.3 Å². The molecule has 0 aromatic heterocycles. The minimum absolute atomic E-state index is 0.215. The van der Waals surface area contributed by atoms with E-state index in [1.54, 1.807) is 36.2 Å². The molecule has 1 saturated carbocycles. The highest BCUT2D eigenvalue weighted by Gasteiger charge is 2.21. The Morgan fingerprint density at radius 2 is 2.10 bits per heavy atom. The van der Waals surface area contributed by atoms with Gasteiger partial charge in [0.15, 0.2) is 6.61 Å². The third-order valence-corrected chi connectivity index (χ3v) is 3.58. The Hall–Kier alpha value is -2.24. The van der Waals surface area contributed by atoms with E-state index < -0.39 is 12.6 Å². The van der Waals surface area contributed by atoms with E-state index in [-0.39, 0.29) is 6.03 Å². The van der Waals surface area contributed by atoms with Crippen molar-refractivity contribution >= 4 is 17.7 Å². The van der Waals surface area contributed by atoms with Crippen LogP contribution in [0.25, 0.3) is 0 Å². The van der Waals surface area contributed by atoms with Crippen molar-refractivity contribution in [3.05, 3.63) is 24.3 Å². The average Bonchev–Trinajstić information content (AvgIpc) is 2.41. The van der Waals surface area contributed by atoms with Crippen molar-refractivity contribution in [3.8, 4) is 5.75 Å². The van der Waals surface area contributed by atoms with Gasteiger partial charge in [0.05, 0.1) is 5.69 Å². The van der Waals surface area contributed by atoms with Crippen LogP contribution in [-0.2, 0) is 4.79 Å². The fourth-order valence-electron chi connectivity index (χ4n) is 2.19. The normalized spacial score (nSPS) is 14.1. The van der Waals surface area contributed by atoms with Gasteiger partial charge in [0.25, 0.3) is 0 Å². The van der Waals surface area contributed by atoms with Crippen LogP contribution in [0.3, 0.4) is 0 Å². The molecule has 0 radical (unpaired) electrons. The summed E-state index contributed by atoms with van der Waals surface area (Å²) in [5, 5.41) is 11.4. The molecule has 6 nitrogen and oxygen atoms in total. The highest BCUT2D eigenvalue weighted by Crippen LogP contribution is 2.27. The molecule has 1 fully saturated rings. The molecule has 1 aromatic rings. The van der Waals surface area contributed by atoms with Crippen LogP contribution in [0.15, 0.2) is 24.3 Å². The van der Waals surface area contributed by atoms with E-state index in [0.29, 0.717) is 17.4 Å². The number of benzene rings is 1. The number of hydrogen-bond donors (Lipinski definition) is 2. The lowest BCUT2D eigenvalue weighted by atomic mass is 9.85. The maximum Gasteiger partial charge on any atom is 0.341 e. The Kier molecular flexibility index (Phi) is 5.03. The summed E-state index contributed by atoms with van der Waals surface area (Å²) in [5.41, 5.74) is 0.476. The molecule has 1 aromatic carbocycles. The zero-order valence-corrected chi connectivity index (χ0v) is 12.0. The van der Waals surface area contributed by atoms with Crippen LogP contribution < -0.4 is 10.1 Å². The van der Waals surface area contributed by atoms with Crippen molar-refractivity contribution < 1.29 is 19.4 Å². The van der Waals surface area contributed by atoms with Gasteiger partial charge < -0.3 is 20.1 Å². The van der Waals surface area contributed by atoms with Gasteiger partial charge in [-0.15, -0.1) is 0 Å². The number of hydrogen-bond acceptors (Lipinski definition) is 3. The summed E-state index contributed by atoms with van der Waals surface area (Å²) in [7, 11) is 1.76. The summed E-state index contributed by atoms with van der Waals surface area (Å²) < 4.78 is 5.16. The number of urea groups is 1. The number of para-hydroxylation sites is 2. The number of carbonyl (C=O) groups is 2. The highest BCUT2D eigenvalue weighted by molar-refractivity contribution is 5.90. The highest BCUT2D eigenvalue weighted by atomic mass is 16.5. The predicted molar refractivity (Wildman–Crippen MR) is 78.6 cm³/mol. The van der Waals surface area contributed by atoms with Gasteiger partial charge in [-0.1, -0.05) is 18.6 Å². The van der Waals surface area contributed by atoms with Gasteiger partial charge in [0.1, 0.15) is 5.75 Å².